The maximum absolute atomic E-state index is 11.5. The zero-order chi connectivity index (χ0) is 12.0. The predicted octanol–water partition coefficient (Wildman–Crippen LogP) is 0.0743. The first-order valence-corrected chi connectivity index (χ1v) is 5.53. The quantitative estimate of drug-likeness (QED) is 0.713. The van der Waals surface area contributed by atoms with Crippen molar-refractivity contribution in [3.63, 3.8) is 0 Å². The molecule has 0 saturated heterocycles. The lowest BCUT2D eigenvalue weighted by Crippen LogP contribution is -2.43. The monoisotopic (exact) mass is 238 g/mol. The van der Waals surface area contributed by atoms with Crippen LogP contribution in [-0.4, -0.2) is 24.0 Å². The van der Waals surface area contributed by atoms with Crippen molar-refractivity contribution in [2.75, 3.05) is 6.54 Å². The zero-order valence-electron chi connectivity index (χ0n) is 8.85. The van der Waals surface area contributed by atoms with Crippen LogP contribution in [0.15, 0.2) is 30.3 Å². The highest BCUT2D eigenvalue weighted by Crippen LogP contribution is 2.01. The zero-order valence-corrected chi connectivity index (χ0v) is 10.0. The van der Waals surface area contributed by atoms with Crippen molar-refractivity contribution in [2.45, 2.75) is 12.5 Å². The highest BCUT2D eigenvalue weighted by atomic mass is 31.0. The van der Waals surface area contributed by atoms with E-state index < -0.39 is 6.04 Å². The lowest BCUT2D eigenvalue weighted by molar-refractivity contribution is -0.124. The molecule has 0 radical (unpaired) electrons. The summed E-state index contributed by atoms with van der Waals surface area (Å²) in [6, 6.07) is 8.90. The molecule has 0 saturated carbocycles. The molecule has 2 atom stereocenters. The second-order valence-corrected chi connectivity index (χ2v) is 4.12. The SMILES string of the molecule is NC(Cc1ccccc1)C(=O)NCC(=O)P. The molecule has 0 spiro atoms. The largest absolute Gasteiger partial charge is 0.347 e. The first-order valence-electron chi connectivity index (χ1n) is 4.95. The van der Waals surface area contributed by atoms with Crippen molar-refractivity contribution >= 4 is 20.7 Å². The average molecular weight is 238 g/mol. The summed E-state index contributed by atoms with van der Waals surface area (Å²) in [4.78, 5) is 22.1. The Morgan fingerprint density at radius 3 is 2.50 bits per heavy atom. The summed E-state index contributed by atoms with van der Waals surface area (Å²) in [5.74, 6) is -0.306. The lowest BCUT2D eigenvalue weighted by atomic mass is 10.1. The fourth-order valence-corrected chi connectivity index (χ4v) is 1.37. The molecular formula is C11H15N2O2P. The summed E-state index contributed by atoms with van der Waals surface area (Å²) in [6.07, 6.45) is 0.470. The number of carbonyl (C=O) groups excluding carboxylic acids is 2. The summed E-state index contributed by atoms with van der Waals surface area (Å²) in [6.45, 7) is 0.00594. The van der Waals surface area contributed by atoms with E-state index in [-0.39, 0.29) is 18.0 Å². The van der Waals surface area contributed by atoms with Gasteiger partial charge in [0.05, 0.1) is 12.6 Å². The van der Waals surface area contributed by atoms with Gasteiger partial charge in [0.25, 0.3) is 0 Å². The van der Waals surface area contributed by atoms with Crippen LogP contribution in [0.2, 0.25) is 0 Å². The normalized spacial score (nSPS) is 11.9. The Hall–Kier alpha value is -1.25. The molecule has 86 valence electrons. The summed E-state index contributed by atoms with van der Waals surface area (Å²) in [5, 5.41) is 2.47. The minimum absolute atomic E-state index is 0.00594. The van der Waals surface area contributed by atoms with E-state index >= 15 is 0 Å². The van der Waals surface area contributed by atoms with Crippen LogP contribution in [0.1, 0.15) is 5.56 Å². The van der Waals surface area contributed by atoms with Gasteiger partial charge in [-0.25, -0.2) is 0 Å². The van der Waals surface area contributed by atoms with Crippen LogP contribution in [-0.2, 0) is 16.0 Å². The van der Waals surface area contributed by atoms with Gasteiger partial charge in [0, 0.05) is 0 Å². The molecule has 0 aliphatic carbocycles. The van der Waals surface area contributed by atoms with Crippen molar-refractivity contribution in [3.05, 3.63) is 35.9 Å². The molecule has 0 aliphatic rings. The highest BCUT2D eigenvalue weighted by Gasteiger charge is 2.13. The summed E-state index contributed by atoms with van der Waals surface area (Å²) in [5.41, 5.74) is 6.54. The van der Waals surface area contributed by atoms with Crippen molar-refractivity contribution in [2.24, 2.45) is 5.73 Å². The van der Waals surface area contributed by atoms with E-state index in [9.17, 15) is 9.59 Å². The molecule has 1 amide bonds. The van der Waals surface area contributed by atoms with Gasteiger partial charge in [-0.1, -0.05) is 39.6 Å². The third-order valence-electron chi connectivity index (χ3n) is 2.07. The average Bonchev–Trinajstić information content (AvgIpc) is 2.27. The minimum Gasteiger partial charge on any atom is -0.347 e. The Kier molecular flexibility index (Phi) is 5.09. The molecule has 1 aromatic carbocycles. The molecule has 5 heteroatoms. The number of rotatable bonds is 5. The van der Waals surface area contributed by atoms with Crippen molar-refractivity contribution in [3.8, 4) is 0 Å². The molecule has 0 heterocycles. The van der Waals surface area contributed by atoms with E-state index in [4.69, 9.17) is 5.73 Å². The third-order valence-corrected chi connectivity index (χ3v) is 2.28. The van der Waals surface area contributed by atoms with E-state index in [1.807, 2.05) is 39.6 Å². The molecule has 0 aliphatic heterocycles. The maximum atomic E-state index is 11.5. The first kappa shape index (κ1) is 12.8. The number of carbonyl (C=O) groups is 2. The van der Waals surface area contributed by atoms with Gasteiger partial charge in [-0.05, 0) is 12.0 Å². The van der Waals surface area contributed by atoms with Gasteiger partial charge in [-0.3, -0.25) is 9.59 Å². The number of nitrogens with one attached hydrogen (secondary N) is 1. The Labute approximate surface area is 96.8 Å². The number of nitrogens with two attached hydrogens (primary N) is 1. The second kappa shape index (κ2) is 6.36. The van der Waals surface area contributed by atoms with Crippen LogP contribution < -0.4 is 11.1 Å². The fourth-order valence-electron chi connectivity index (χ4n) is 1.27. The van der Waals surface area contributed by atoms with Gasteiger partial charge < -0.3 is 11.1 Å². The van der Waals surface area contributed by atoms with E-state index in [2.05, 4.69) is 5.32 Å². The van der Waals surface area contributed by atoms with Crippen molar-refractivity contribution < 1.29 is 9.59 Å². The van der Waals surface area contributed by atoms with Gasteiger partial charge in [-0.15, -0.1) is 0 Å². The predicted molar refractivity (Wildman–Crippen MR) is 65.8 cm³/mol. The molecule has 3 N–H and O–H groups in total. The van der Waals surface area contributed by atoms with E-state index in [0.29, 0.717) is 6.42 Å². The van der Waals surface area contributed by atoms with Crippen LogP contribution in [0.25, 0.3) is 0 Å². The Morgan fingerprint density at radius 1 is 1.31 bits per heavy atom. The molecule has 0 fully saturated rings. The number of hydrogen-bond donors (Lipinski definition) is 2. The van der Waals surface area contributed by atoms with Crippen molar-refractivity contribution in [1.82, 2.24) is 5.32 Å². The van der Waals surface area contributed by atoms with Gasteiger partial charge in [-0.2, -0.15) is 0 Å². The molecule has 0 aromatic heterocycles. The second-order valence-electron chi connectivity index (χ2n) is 3.48. The number of benzene rings is 1. The van der Waals surface area contributed by atoms with Crippen LogP contribution in [0.4, 0.5) is 0 Å². The molecule has 4 nitrogen and oxygen atoms in total. The first-order chi connectivity index (χ1) is 7.59. The number of amides is 1. The van der Waals surface area contributed by atoms with Crippen LogP contribution in [0, 0.1) is 0 Å². The van der Waals surface area contributed by atoms with Crippen LogP contribution in [0.3, 0.4) is 0 Å². The molecular weight excluding hydrogens is 223 g/mol. The molecule has 16 heavy (non-hydrogen) atoms. The van der Waals surface area contributed by atoms with Crippen LogP contribution in [0.5, 0.6) is 0 Å². The third kappa shape index (κ3) is 4.51. The fraction of sp³-hybridized carbons (Fsp3) is 0.273. The Morgan fingerprint density at radius 2 is 1.94 bits per heavy atom. The lowest BCUT2D eigenvalue weighted by Gasteiger charge is -2.11. The summed E-state index contributed by atoms with van der Waals surface area (Å²) < 4.78 is 0. The minimum atomic E-state index is -0.619. The highest BCUT2D eigenvalue weighted by molar-refractivity contribution is 7.40. The molecule has 2 unspecified atom stereocenters. The summed E-state index contributed by atoms with van der Waals surface area (Å²) >= 11 is 0. The number of hydrogen-bond acceptors (Lipinski definition) is 3. The smallest absolute Gasteiger partial charge is 0.237 e. The van der Waals surface area contributed by atoms with Crippen molar-refractivity contribution in [1.29, 1.82) is 0 Å². The van der Waals surface area contributed by atoms with Crippen LogP contribution >= 0.6 is 9.24 Å². The molecule has 1 aromatic rings. The topological polar surface area (TPSA) is 72.2 Å². The van der Waals surface area contributed by atoms with E-state index in [1.54, 1.807) is 0 Å². The molecule has 1 rings (SSSR count). The van der Waals surface area contributed by atoms with E-state index in [1.165, 1.54) is 0 Å². The molecule has 0 bridgehead atoms. The van der Waals surface area contributed by atoms with Gasteiger partial charge in [0.1, 0.15) is 0 Å². The van der Waals surface area contributed by atoms with Gasteiger partial charge in [0.2, 0.25) is 5.91 Å². The van der Waals surface area contributed by atoms with E-state index in [0.717, 1.165) is 5.56 Å². The summed E-state index contributed by atoms with van der Waals surface area (Å²) in [7, 11) is 2.00. The van der Waals surface area contributed by atoms with Gasteiger partial charge >= 0.3 is 0 Å². The van der Waals surface area contributed by atoms with Gasteiger partial charge in [0.15, 0.2) is 5.52 Å². The standard InChI is InChI=1S/C11H15N2O2P/c12-9(11(15)13-7-10(14)16)6-8-4-2-1-3-5-8/h1-5,9H,6-7,12,16H2,(H,13,15). The Bertz CT molecular complexity index is 368. The maximum Gasteiger partial charge on any atom is 0.237 e. The Balaban J connectivity index is 2.43.